The van der Waals surface area contributed by atoms with Gasteiger partial charge in [0, 0.05) is 39.9 Å². The number of carbonyl (C=O) groups excluding carboxylic acids is 1. The predicted molar refractivity (Wildman–Crippen MR) is 116 cm³/mol. The second kappa shape index (κ2) is 7.54. The van der Waals surface area contributed by atoms with Crippen molar-refractivity contribution in [3.8, 4) is 0 Å². The molecule has 7 heteroatoms. The number of fused-ring (bicyclic) bond motifs is 3. The van der Waals surface area contributed by atoms with Gasteiger partial charge in [-0.3, -0.25) is 4.79 Å². The molecule has 30 heavy (non-hydrogen) atoms. The molecule has 0 aliphatic carbocycles. The number of ether oxygens (including phenoxy) is 1. The van der Waals surface area contributed by atoms with E-state index in [-0.39, 0.29) is 5.91 Å². The molecule has 1 saturated heterocycles. The molecular formula is C23H29N5O2. The van der Waals surface area contributed by atoms with Crippen molar-refractivity contribution >= 4 is 17.5 Å². The average molecular weight is 408 g/mol. The number of hydrogen-bond acceptors (Lipinski definition) is 6. The molecule has 1 N–H and O–H groups in total. The number of anilines is 2. The van der Waals surface area contributed by atoms with Crippen molar-refractivity contribution in [1.29, 1.82) is 0 Å². The zero-order valence-corrected chi connectivity index (χ0v) is 17.8. The summed E-state index contributed by atoms with van der Waals surface area (Å²) in [6, 6.07) is 6.08. The van der Waals surface area contributed by atoms with Gasteiger partial charge in [0.1, 0.15) is 5.60 Å². The van der Waals surface area contributed by atoms with Gasteiger partial charge in [-0.05, 0) is 49.3 Å². The van der Waals surface area contributed by atoms with Crippen molar-refractivity contribution in [2.75, 3.05) is 50.6 Å². The summed E-state index contributed by atoms with van der Waals surface area (Å²) in [5, 5.41) is 3.44. The average Bonchev–Trinajstić information content (AvgIpc) is 2.79. The molecule has 0 bridgehead atoms. The van der Waals surface area contributed by atoms with E-state index in [9.17, 15) is 4.79 Å². The fourth-order valence-electron chi connectivity index (χ4n) is 4.93. The molecule has 7 nitrogen and oxygen atoms in total. The summed E-state index contributed by atoms with van der Waals surface area (Å²) in [6.07, 6.45) is 6.46. The molecule has 3 aliphatic rings. The largest absolute Gasteiger partial charge is 0.384 e. The van der Waals surface area contributed by atoms with Crippen LogP contribution < -0.4 is 10.2 Å². The maximum atomic E-state index is 13.3. The smallest absolute Gasteiger partial charge is 0.255 e. The third kappa shape index (κ3) is 3.21. The maximum absolute atomic E-state index is 13.3. The van der Waals surface area contributed by atoms with Crippen LogP contribution in [0.5, 0.6) is 0 Å². The fraction of sp³-hybridized carbons (Fsp3) is 0.522. The molecule has 0 atom stereocenters. The van der Waals surface area contributed by atoms with E-state index in [0.29, 0.717) is 25.6 Å². The van der Waals surface area contributed by atoms with Crippen LogP contribution in [-0.2, 0) is 23.2 Å². The van der Waals surface area contributed by atoms with Crippen LogP contribution in [-0.4, -0.2) is 61.1 Å². The molecule has 1 amide bonds. The summed E-state index contributed by atoms with van der Waals surface area (Å²) >= 11 is 0. The number of benzene rings is 1. The Kier molecular flexibility index (Phi) is 4.85. The maximum Gasteiger partial charge on any atom is 0.255 e. The minimum absolute atomic E-state index is 0.115. The van der Waals surface area contributed by atoms with Gasteiger partial charge >= 0.3 is 0 Å². The van der Waals surface area contributed by atoms with Crippen LogP contribution in [0.25, 0.3) is 0 Å². The van der Waals surface area contributed by atoms with Crippen LogP contribution in [0.3, 0.4) is 0 Å². The van der Waals surface area contributed by atoms with Gasteiger partial charge in [-0.2, -0.15) is 0 Å². The standard InChI is InChI=1S/C23H29N5O2/c1-27(2)22-25-15-17-8-14-30-23(20(17)26-22)9-12-28(13-10-23)21(29)18-7-3-5-16-6-4-11-24-19(16)18/h3,5,7,15,24H,4,6,8-14H2,1-2H3. The van der Waals surface area contributed by atoms with Crippen molar-refractivity contribution in [1.82, 2.24) is 14.9 Å². The van der Waals surface area contributed by atoms with E-state index in [0.717, 1.165) is 55.6 Å². The molecule has 3 aliphatic heterocycles. The summed E-state index contributed by atoms with van der Waals surface area (Å²) in [4.78, 5) is 26.6. The van der Waals surface area contributed by atoms with Gasteiger partial charge in [-0.25, -0.2) is 9.97 Å². The number of carbonyl (C=O) groups is 1. The van der Waals surface area contributed by atoms with Crippen LogP contribution in [0.1, 0.15) is 46.4 Å². The summed E-state index contributed by atoms with van der Waals surface area (Å²) in [7, 11) is 3.90. The Labute approximate surface area is 177 Å². The zero-order chi connectivity index (χ0) is 20.7. The van der Waals surface area contributed by atoms with Gasteiger partial charge in [0.25, 0.3) is 5.91 Å². The molecule has 2 aromatic rings. The van der Waals surface area contributed by atoms with Gasteiger partial charge in [0.05, 0.1) is 23.6 Å². The van der Waals surface area contributed by atoms with Crippen molar-refractivity contribution in [3.63, 3.8) is 0 Å². The monoisotopic (exact) mass is 407 g/mol. The highest BCUT2D eigenvalue weighted by atomic mass is 16.5. The van der Waals surface area contributed by atoms with Crippen LogP contribution in [0.15, 0.2) is 24.4 Å². The van der Waals surface area contributed by atoms with Crippen molar-refractivity contribution in [2.24, 2.45) is 0 Å². The lowest BCUT2D eigenvalue weighted by atomic mass is 9.83. The van der Waals surface area contributed by atoms with Crippen LogP contribution >= 0.6 is 0 Å². The molecule has 158 valence electrons. The Morgan fingerprint density at radius 3 is 2.83 bits per heavy atom. The first kappa shape index (κ1) is 19.3. The molecule has 0 radical (unpaired) electrons. The number of aromatic nitrogens is 2. The molecular weight excluding hydrogens is 378 g/mol. The zero-order valence-electron chi connectivity index (χ0n) is 17.8. The number of amides is 1. The highest BCUT2D eigenvalue weighted by Gasteiger charge is 2.43. The van der Waals surface area contributed by atoms with Gasteiger partial charge in [-0.15, -0.1) is 0 Å². The Bertz CT molecular complexity index is 966. The Morgan fingerprint density at radius 2 is 2.03 bits per heavy atom. The summed E-state index contributed by atoms with van der Waals surface area (Å²) < 4.78 is 6.33. The third-order valence-corrected chi connectivity index (χ3v) is 6.60. The van der Waals surface area contributed by atoms with E-state index in [4.69, 9.17) is 9.72 Å². The topological polar surface area (TPSA) is 70.6 Å². The first-order valence-electron chi connectivity index (χ1n) is 10.9. The van der Waals surface area contributed by atoms with Gasteiger partial charge < -0.3 is 19.9 Å². The molecule has 0 unspecified atom stereocenters. The normalized spacial score (nSPS) is 19.6. The highest BCUT2D eigenvalue weighted by Crippen LogP contribution is 2.41. The molecule has 0 saturated carbocycles. The minimum atomic E-state index is -0.410. The van der Waals surface area contributed by atoms with Gasteiger partial charge in [0.15, 0.2) is 0 Å². The first-order valence-corrected chi connectivity index (χ1v) is 10.9. The van der Waals surface area contributed by atoms with Crippen molar-refractivity contribution in [3.05, 3.63) is 46.8 Å². The first-order chi connectivity index (χ1) is 14.6. The van der Waals surface area contributed by atoms with E-state index in [1.807, 2.05) is 42.2 Å². The molecule has 1 fully saturated rings. The van der Waals surface area contributed by atoms with E-state index in [1.54, 1.807) is 0 Å². The lowest BCUT2D eigenvalue weighted by molar-refractivity contribution is -0.0967. The SMILES string of the molecule is CN(C)c1ncc2c(n1)C1(CCN(C(=O)c3cccc4c3NCCC4)CC1)OCC2. The molecule has 4 heterocycles. The summed E-state index contributed by atoms with van der Waals surface area (Å²) in [5.74, 6) is 0.822. The summed E-state index contributed by atoms with van der Waals surface area (Å²) in [6.45, 7) is 2.95. The Morgan fingerprint density at radius 1 is 1.20 bits per heavy atom. The molecule has 1 aromatic carbocycles. The number of nitrogens with one attached hydrogen (secondary N) is 1. The van der Waals surface area contributed by atoms with E-state index < -0.39 is 5.60 Å². The fourth-order valence-corrected chi connectivity index (χ4v) is 4.93. The quantitative estimate of drug-likeness (QED) is 0.825. The van der Waals surface area contributed by atoms with Crippen molar-refractivity contribution in [2.45, 2.75) is 37.7 Å². The van der Waals surface area contributed by atoms with Gasteiger partial charge in [0.2, 0.25) is 5.95 Å². The van der Waals surface area contributed by atoms with Crippen LogP contribution in [0.2, 0.25) is 0 Å². The van der Waals surface area contributed by atoms with Crippen LogP contribution in [0, 0.1) is 0 Å². The Balaban J connectivity index is 1.38. The second-order valence-electron chi connectivity index (χ2n) is 8.69. The Hall–Kier alpha value is -2.67. The number of hydrogen-bond donors (Lipinski definition) is 1. The number of likely N-dealkylation sites (tertiary alicyclic amines) is 1. The number of para-hydroxylation sites is 1. The van der Waals surface area contributed by atoms with Crippen LogP contribution in [0.4, 0.5) is 11.6 Å². The molecule has 1 aromatic heterocycles. The lowest BCUT2D eigenvalue weighted by Gasteiger charge is -2.44. The predicted octanol–water partition coefficient (Wildman–Crippen LogP) is 2.60. The van der Waals surface area contributed by atoms with E-state index in [1.165, 1.54) is 11.1 Å². The minimum Gasteiger partial charge on any atom is -0.384 e. The second-order valence-corrected chi connectivity index (χ2v) is 8.69. The van der Waals surface area contributed by atoms with Crippen molar-refractivity contribution < 1.29 is 9.53 Å². The molecule has 1 spiro atoms. The van der Waals surface area contributed by atoms with E-state index >= 15 is 0 Å². The number of rotatable bonds is 2. The third-order valence-electron chi connectivity index (χ3n) is 6.60. The lowest BCUT2D eigenvalue weighted by Crippen LogP contribution is -2.49. The number of nitrogens with zero attached hydrogens (tertiary/aromatic N) is 4. The van der Waals surface area contributed by atoms with E-state index in [2.05, 4.69) is 16.4 Å². The number of piperidine rings is 1. The summed E-state index contributed by atoms with van der Waals surface area (Å²) in [5.41, 5.74) is 4.85. The van der Waals surface area contributed by atoms with Gasteiger partial charge in [-0.1, -0.05) is 12.1 Å². The highest BCUT2D eigenvalue weighted by molar-refractivity contribution is 6.00. The molecule has 5 rings (SSSR count). The number of aryl methyl sites for hydroxylation is 1.